The Hall–Kier alpha value is -2.72. The lowest BCUT2D eigenvalue weighted by Gasteiger charge is -2.16. The average Bonchev–Trinajstić information content (AvgIpc) is 2.77. The van der Waals surface area contributed by atoms with E-state index in [0.29, 0.717) is 16.5 Å². The molecule has 4 nitrogen and oxygen atoms in total. The fraction of sp³-hybridized carbons (Fsp3) is 0.125. The minimum absolute atomic E-state index is 0.0742. The maximum Gasteiger partial charge on any atom is 0.219 e. The van der Waals surface area contributed by atoms with Crippen molar-refractivity contribution in [1.29, 1.82) is 5.26 Å². The van der Waals surface area contributed by atoms with Gasteiger partial charge in [0.2, 0.25) is 9.84 Å². The van der Waals surface area contributed by atoms with Crippen molar-refractivity contribution in [2.24, 2.45) is 0 Å². The van der Waals surface area contributed by atoms with Gasteiger partial charge in [-0.1, -0.05) is 60.1 Å². The highest BCUT2D eigenvalue weighted by Crippen LogP contribution is 2.33. The van der Waals surface area contributed by atoms with Crippen LogP contribution < -0.4 is 5.32 Å². The molecule has 0 bridgehead atoms. The molecule has 0 aliphatic rings. The number of nitrogens with one attached hydrogen (secondary N) is 1. The van der Waals surface area contributed by atoms with Crippen LogP contribution in [0.25, 0.3) is 0 Å². The highest BCUT2D eigenvalue weighted by Gasteiger charge is 2.26. The summed E-state index contributed by atoms with van der Waals surface area (Å²) in [4.78, 5) is -0.248. The van der Waals surface area contributed by atoms with E-state index < -0.39 is 9.84 Å². The quantitative estimate of drug-likeness (QED) is 0.402. The molecular formula is C24H21ClN2O2S2. The first-order valence-corrected chi connectivity index (χ1v) is 12.3. The van der Waals surface area contributed by atoms with E-state index in [9.17, 15) is 13.7 Å². The van der Waals surface area contributed by atoms with Crippen LogP contribution in [0, 0.1) is 25.2 Å². The van der Waals surface area contributed by atoms with E-state index in [0.717, 1.165) is 16.7 Å². The summed E-state index contributed by atoms with van der Waals surface area (Å²) < 4.78 is 26.5. The molecule has 0 fully saturated rings. The van der Waals surface area contributed by atoms with E-state index in [1.165, 1.54) is 23.9 Å². The number of benzene rings is 3. The molecule has 0 aliphatic heterocycles. The first-order valence-electron chi connectivity index (χ1n) is 9.48. The molecule has 0 unspecified atom stereocenters. The third-order valence-electron chi connectivity index (χ3n) is 4.78. The van der Waals surface area contributed by atoms with Gasteiger partial charge in [-0.15, -0.1) is 11.8 Å². The van der Waals surface area contributed by atoms with Crippen LogP contribution in [0.2, 0.25) is 5.02 Å². The fourth-order valence-electron chi connectivity index (χ4n) is 2.90. The van der Waals surface area contributed by atoms with Gasteiger partial charge in [-0.2, -0.15) is 5.26 Å². The molecule has 0 atom stereocenters. The molecule has 7 heteroatoms. The second kappa shape index (κ2) is 10.1. The molecule has 158 valence electrons. The minimum atomic E-state index is -4.01. The number of hydrogen-bond donors (Lipinski definition) is 1. The van der Waals surface area contributed by atoms with Gasteiger partial charge in [-0.05, 0) is 54.8 Å². The van der Waals surface area contributed by atoms with Gasteiger partial charge in [0, 0.05) is 16.5 Å². The van der Waals surface area contributed by atoms with Crippen LogP contribution in [0.3, 0.4) is 0 Å². The Morgan fingerprint density at radius 1 is 1.00 bits per heavy atom. The lowest BCUT2D eigenvalue weighted by atomic mass is 10.1. The van der Waals surface area contributed by atoms with Crippen LogP contribution in [0.1, 0.15) is 16.7 Å². The van der Waals surface area contributed by atoms with Crippen LogP contribution in [0.4, 0.5) is 5.69 Å². The zero-order chi connectivity index (χ0) is 22.4. The summed E-state index contributed by atoms with van der Waals surface area (Å²) in [7, 11) is -4.01. The van der Waals surface area contributed by atoms with Crippen molar-refractivity contribution in [3.05, 3.63) is 104 Å². The topological polar surface area (TPSA) is 70.0 Å². The highest BCUT2D eigenvalue weighted by molar-refractivity contribution is 8.04. The van der Waals surface area contributed by atoms with Crippen LogP contribution in [0.5, 0.6) is 0 Å². The first-order chi connectivity index (χ1) is 14.8. The molecular weight excluding hydrogens is 448 g/mol. The standard InChI is InChI=1S/C24H21ClN2O2S2/c1-17-9-6-7-10-19(17)16-30-24(27-22-14-8-13-21(25)18(22)2)23(15-26)31(28,29)20-11-4-3-5-12-20/h3-14,27H,16H2,1-2H3. The average molecular weight is 469 g/mol. The molecule has 0 amide bonds. The van der Waals surface area contributed by atoms with Gasteiger partial charge >= 0.3 is 0 Å². The molecule has 1 N–H and O–H groups in total. The number of nitriles is 1. The molecule has 31 heavy (non-hydrogen) atoms. The first kappa shape index (κ1) is 23.0. The smallest absolute Gasteiger partial charge is 0.219 e. The predicted octanol–water partition coefficient (Wildman–Crippen LogP) is 6.47. The number of nitrogens with zero attached hydrogens (tertiary/aromatic N) is 1. The summed E-state index contributed by atoms with van der Waals surface area (Å²) in [6, 6.07) is 23.1. The van der Waals surface area contributed by atoms with E-state index in [-0.39, 0.29) is 14.8 Å². The lowest BCUT2D eigenvalue weighted by Crippen LogP contribution is -2.11. The summed E-state index contributed by atoms with van der Waals surface area (Å²) in [5, 5.41) is 13.9. The summed E-state index contributed by atoms with van der Waals surface area (Å²) in [5.74, 6) is 0.504. The predicted molar refractivity (Wildman–Crippen MR) is 129 cm³/mol. The summed E-state index contributed by atoms with van der Waals surface area (Å²) in [6.07, 6.45) is 0. The fourth-order valence-corrected chi connectivity index (χ4v) is 5.73. The zero-order valence-electron chi connectivity index (χ0n) is 17.1. The third-order valence-corrected chi connectivity index (χ3v) is 8.09. The number of halogens is 1. The van der Waals surface area contributed by atoms with Crippen molar-refractivity contribution in [3.63, 3.8) is 0 Å². The van der Waals surface area contributed by atoms with E-state index in [1.807, 2.05) is 44.2 Å². The molecule has 3 aromatic rings. The highest BCUT2D eigenvalue weighted by atomic mass is 35.5. The monoisotopic (exact) mass is 468 g/mol. The van der Waals surface area contributed by atoms with Crippen molar-refractivity contribution in [3.8, 4) is 6.07 Å². The Bertz CT molecular complexity index is 1260. The largest absolute Gasteiger partial charge is 0.348 e. The minimum Gasteiger partial charge on any atom is -0.348 e. The van der Waals surface area contributed by atoms with Gasteiger partial charge in [0.1, 0.15) is 11.1 Å². The number of aryl methyl sites for hydroxylation is 1. The molecule has 0 saturated heterocycles. The van der Waals surface area contributed by atoms with Gasteiger partial charge in [-0.3, -0.25) is 0 Å². The molecule has 0 aromatic heterocycles. The second-order valence-electron chi connectivity index (χ2n) is 6.84. The van der Waals surface area contributed by atoms with Crippen molar-refractivity contribution in [1.82, 2.24) is 0 Å². The van der Waals surface area contributed by atoms with Crippen molar-refractivity contribution < 1.29 is 8.42 Å². The Morgan fingerprint density at radius 2 is 1.68 bits per heavy atom. The van der Waals surface area contributed by atoms with Gasteiger partial charge in [0.25, 0.3) is 0 Å². The molecule has 0 heterocycles. The molecule has 0 radical (unpaired) electrons. The van der Waals surface area contributed by atoms with Crippen molar-refractivity contribution in [2.75, 3.05) is 5.32 Å². The molecule has 0 spiro atoms. The molecule has 3 rings (SSSR count). The SMILES string of the molecule is Cc1ccccc1CSC(Nc1cccc(Cl)c1C)=C(C#N)S(=O)(=O)c1ccccc1. The van der Waals surface area contributed by atoms with E-state index in [2.05, 4.69) is 5.32 Å². The number of thioether (sulfide) groups is 1. The molecule has 3 aromatic carbocycles. The maximum atomic E-state index is 13.3. The van der Waals surface area contributed by atoms with Gasteiger partial charge in [-0.25, -0.2) is 8.42 Å². The Kier molecular flexibility index (Phi) is 7.45. The zero-order valence-corrected chi connectivity index (χ0v) is 19.5. The maximum absolute atomic E-state index is 13.3. The Balaban J connectivity index is 2.09. The van der Waals surface area contributed by atoms with Crippen LogP contribution in [-0.2, 0) is 15.6 Å². The number of anilines is 1. The van der Waals surface area contributed by atoms with E-state index in [4.69, 9.17) is 11.6 Å². The van der Waals surface area contributed by atoms with Crippen LogP contribution in [-0.4, -0.2) is 8.42 Å². The second-order valence-corrected chi connectivity index (χ2v) is 10.1. The molecule has 0 aliphatic carbocycles. The van der Waals surface area contributed by atoms with Gasteiger partial charge in [0.05, 0.1) is 4.90 Å². The summed E-state index contributed by atoms with van der Waals surface area (Å²) in [6.45, 7) is 3.84. The number of sulfone groups is 1. The third kappa shape index (κ3) is 5.31. The Morgan fingerprint density at radius 3 is 2.35 bits per heavy atom. The normalized spacial score (nSPS) is 12.1. The van der Waals surface area contributed by atoms with Gasteiger partial charge < -0.3 is 5.32 Å². The van der Waals surface area contributed by atoms with Crippen LogP contribution in [0.15, 0.2) is 87.6 Å². The Labute approximate surface area is 192 Å². The van der Waals surface area contributed by atoms with E-state index in [1.54, 1.807) is 36.4 Å². The summed E-state index contributed by atoms with van der Waals surface area (Å²) >= 11 is 7.52. The number of allylic oxidation sites excluding steroid dienone is 1. The van der Waals surface area contributed by atoms with E-state index >= 15 is 0 Å². The summed E-state index contributed by atoms with van der Waals surface area (Å²) in [5.41, 5.74) is 3.57. The lowest BCUT2D eigenvalue weighted by molar-refractivity contribution is 0.603. The number of rotatable bonds is 7. The van der Waals surface area contributed by atoms with Crippen molar-refractivity contribution in [2.45, 2.75) is 24.5 Å². The number of hydrogen-bond acceptors (Lipinski definition) is 5. The van der Waals surface area contributed by atoms with Gasteiger partial charge in [0.15, 0.2) is 4.91 Å². The van der Waals surface area contributed by atoms with Crippen molar-refractivity contribution >= 4 is 38.9 Å². The molecule has 0 saturated carbocycles. The van der Waals surface area contributed by atoms with Crippen LogP contribution >= 0.6 is 23.4 Å².